The summed E-state index contributed by atoms with van der Waals surface area (Å²) in [5.41, 5.74) is -10.2. The van der Waals surface area contributed by atoms with Crippen molar-refractivity contribution in [2.45, 2.75) is 35.5 Å². The molecule has 0 saturated carbocycles. The highest BCUT2D eigenvalue weighted by atomic mass is 32.2. The minimum atomic E-state index is -7.22. The molecule has 0 N–H and O–H groups in total. The summed E-state index contributed by atoms with van der Waals surface area (Å²) < 4.78 is 294. The van der Waals surface area contributed by atoms with Crippen LogP contribution in [0.25, 0.3) is 0 Å². The Morgan fingerprint density at radius 1 is 0.284 bits per heavy atom. The lowest BCUT2D eigenvalue weighted by Crippen LogP contribution is -2.81. The molecular formula is C45H21BF20S. The summed E-state index contributed by atoms with van der Waals surface area (Å²) in [5.74, 6) is -71.4. The van der Waals surface area contributed by atoms with Crippen LogP contribution in [0.5, 0.6) is 0 Å². The van der Waals surface area contributed by atoms with E-state index in [9.17, 15) is 52.7 Å². The lowest BCUT2D eigenvalue weighted by atomic mass is 9.12. The lowest BCUT2D eigenvalue weighted by Gasteiger charge is -2.44. The number of hydrogen-bond donors (Lipinski definition) is 0. The SMILES string of the molecule is Cc1cc(C)c([S+](c2ccccc2)c2ccccc2)c(C)c1.Fc1c(F)c(F)c([B-](c2c(F)c(F)c(F)c(F)c2F)(c2c(F)c(F)c(F)c(F)c2F)c2c(F)c(F)c(F)c(F)c2F)c(F)c1F. The van der Waals surface area contributed by atoms with Gasteiger partial charge in [-0.3, -0.25) is 0 Å². The molecule has 0 unspecified atom stereocenters. The summed E-state index contributed by atoms with van der Waals surface area (Å²) in [6, 6.07) is 26.3. The second-order valence-corrected chi connectivity index (χ2v) is 16.4. The fourth-order valence-electron chi connectivity index (χ4n) is 7.85. The second-order valence-electron chi connectivity index (χ2n) is 14.5. The Morgan fingerprint density at radius 2 is 0.478 bits per heavy atom. The third-order valence-corrected chi connectivity index (χ3v) is 13.0. The Balaban J connectivity index is 0.000000279. The van der Waals surface area contributed by atoms with Gasteiger partial charge in [-0.1, -0.05) is 54.1 Å². The van der Waals surface area contributed by atoms with Crippen LogP contribution in [0.1, 0.15) is 16.7 Å². The van der Waals surface area contributed by atoms with Crippen molar-refractivity contribution in [1.82, 2.24) is 0 Å². The average molecular weight is 985 g/mol. The normalized spacial score (nSPS) is 11.6. The zero-order valence-corrected chi connectivity index (χ0v) is 34.3. The molecule has 0 aliphatic carbocycles. The first-order valence-corrected chi connectivity index (χ1v) is 19.7. The van der Waals surface area contributed by atoms with Crippen molar-refractivity contribution in [2.75, 3.05) is 0 Å². The molecule has 0 heterocycles. The number of aryl methyl sites for hydroxylation is 3. The molecular weight excluding hydrogens is 963 g/mol. The Kier molecular flexibility index (Phi) is 13.9. The Morgan fingerprint density at radius 3 is 0.687 bits per heavy atom. The number of rotatable bonds is 7. The van der Waals surface area contributed by atoms with Gasteiger partial charge in [0, 0.05) is 11.1 Å². The van der Waals surface area contributed by atoms with E-state index in [1.165, 1.54) is 31.4 Å². The fraction of sp³-hybridized carbons (Fsp3) is 0.0667. The van der Waals surface area contributed by atoms with E-state index in [-0.39, 0.29) is 10.9 Å². The molecule has 0 atom stereocenters. The molecule has 0 radical (unpaired) electrons. The predicted octanol–water partition coefficient (Wildman–Crippen LogP) is 11.6. The Hall–Kier alpha value is -6.45. The summed E-state index contributed by atoms with van der Waals surface area (Å²) in [7, 11) is -0.0460. The highest BCUT2D eigenvalue weighted by Crippen LogP contribution is 2.36. The number of halogens is 20. The monoisotopic (exact) mass is 984 g/mol. The van der Waals surface area contributed by atoms with Gasteiger partial charge in [0.25, 0.3) is 0 Å². The predicted molar refractivity (Wildman–Crippen MR) is 205 cm³/mol. The number of benzene rings is 7. The van der Waals surface area contributed by atoms with Crippen molar-refractivity contribution in [2.24, 2.45) is 0 Å². The zero-order chi connectivity index (χ0) is 49.9. The van der Waals surface area contributed by atoms with Gasteiger partial charge in [-0.2, -0.15) is 0 Å². The van der Waals surface area contributed by atoms with Crippen molar-refractivity contribution < 1.29 is 87.8 Å². The summed E-state index contributed by atoms with van der Waals surface area (Å²) in [6.07, 6.45) is -7.22. The van der Waals surface area contributed by atoms with Crippen molar-refractivity contribution in [1.29, 1.82) is 0 Å². The van der Waals surface area contributed by atoms with Crippen molar-refractivity contribution in [3.8, 4) is 0 Å². The van der Waals surface area contributed by atoms with E-state index in [0.717, 1.165) is 0 Å². The molecule has 7 aromatic rings. The van der Waals surface area contributed by atoms with Crippen LogP contribution in [0.2, 0.25) is 0 Å². The van der Waals surface area contributed by atoms with Crippen molar-refractivity contribution in [3.05, 3.63) is 206 Å². The molecule has 7 aromatic carbocycles. The van der Waals surface area contributed by atoms with Gasteiger partial charge in [-0.15, -0.1) is 21.9 Å². The molecule has 0 aliphatic rings. The van der Waals surface area contributed by atoms with Crippen LogP contribution in [-0.2, 0) is 10.9 Å². The highest BCUT2D eigenvalue weighted by Gasteiger charge is 2.52. The van der Waals surface area contributed by atoms with Gasteiger partial charge in [0.15, 0.2) is 84.5 Å². The van der Waals surface area contributed by atoms with E-state index < -0.39 is 144 Å². The van der Waals surface area contributed by atoms with Crippen LogP contribution < -0.4 is 21.9 Å². The summed E-state index contributed by atoms with van der Waals surface area (Å²) >= 11 is 0. The van der Waals surface area contributed by atoms with Crippen LogP contribution in [-0.4, -0.2) is 6.15 Å². The highest BCUT2D eigenvalue weighted by molar-refractivity contribution is 7.97. The van der Waals surface area contributed by atoms with Crippen LogP contribution >= 0.6 is 0 Å². The minimum Gasteiger partial charge on any atom is -0.207 e. The van der Waals surface area contributed by atoms with Gasteiger partial charge >= 0.3 is 0 Å². The van der Waals surface area contributed by atoms with Crippen LogP contribution in [0.3, 0.4) is 0 Å². The maximum absolute atomic E-state index is 15.4. The van der Waals surface area contributed by atoms with Crippen LogP contribution in [0.4, 0.5) is 87.8 Å². The standard InChI is InChI=1S/C24BF20.C21H21S/c26-5-1(6(27)14(35)21(42)13(5)34)25(2-7(28)15(36)22(43)16(37)8(2)29,3-9(30)17(38)23(44)18(39)10(3)31)4-11(32)19(40)24(45)20(41)12(4)33;1-16-14-17(2)21(18(3)15-16)22(19-10-6-4-7-11-19)20-12-8-5-9-13-20/h;4-15H,1-3H3/q-1;+1. The first-order valence-electron chi connectivity index (χ1n) is 18.5. The largest absolute Gasteiger partial charge is 0.207 e. The summed E-state index contributed by atoms with van der Waals surface area (Å²) in [5, 5.41) is 0. The molecule has 0 aromatic heterocycles. The molecule has 67 heavy (non-hydrogen) atoms. The molecule has 0 amide bonds. The van der Waals surface area contributed by atoms with Crippen molar-refractivity contribution in [3.63, 3.8) is 0 Å². The van der Waals surface area contributed by atoms with Crippen LogP contribution in [0, 0.1) is 137 Å². The first-order chi connectivity index (χ1) is 31.4. The van der Waals surface area contributed by atoms with E-state index in [0.29, 0.717) is 0 Å². The third-order valence-electron chi connectivity index (χ3n) is 10.5. The molecule has 0 saturated heterocycles. The zero-order valence-electron chi connectivity index (χ0n) is 33.5. The van der Waals surface area contributed by atoms with E-state index in [2.05, 4.69) is 93.6 Å². The maximum Gasteiger partial charge on any atom is 0.200 e. The van der Waals surface area contributed by atoms with E-state index in [4.69, 9.17) is 0 Å². The molecule has 7 rings (SSSR count). The summed E-state index contributed by atoms with van der Waals surface area (Å²) in [4.78, 5) is 4.22. The molecule has 22 heteroatoms. The number of hydrogen-bond acceptors (Lipinski definition) is 0. The van der Waals surface area contributed by atoms with Gasteiger partial charge in [0.1, 0.15) is 52.7 Å². The van der Waals surface area contributed by atoms with E-state index in [1.807, 2.05) is 0 Å². The fourth-order valence-corrected chi connectivity index (χ4v) is 10.2. The third kappa shape index (κ3) is 7.95. The van der Waals surface area contributed by atoms with Gasteiger partial charge in [-0.05, 0) is 45.0 Å². The molecule has 0 spiro atoms. The molecule has 0 nitrogen and oxygen atoms in total. The summed E-state index contributed by atoms with van der Waals surface area (Å²) in [6.45, 7) is 6.65. The van der Waals surface area contributed by atoms with Gasteiger partial charge < -0.3 is 0 Å². The molecule has 0 bridgehead atoms. The van der Waals surface area contributed by atoms with Crippen LogP contribution in [0.15, 0.2) is 87.5 Å². The average Bonchev–Trinajstić information content (AvgIpc) is 3.30. The van der Waals surface area contributed by atoms with Gasteiger partial charge in [0.05, 0.1) is 10.9 Å². The van der Waals surface area contributed by atoms with Gasteiger partial charge in [0.2, 0.25) is 0 Å². The molecule has 350 valence electrons. The smallest absolute Gasteiger partial charge is 0.200 e. The van der Waals surface area contributed by atoms with E-state index >= 15 is 35.1 Å². The second kappa shape index (κ2) is 18.7. The van der Waals surface area contributed by atoms with Crippen molar-refractivity contribution >= 4 is 38.9 Å². The maximum atomic E-state index is 15.4. The Bertz CT molecular complexity index is 2660. The topological polar surface area (TPSA) is 0 Å². The first kappa shape index (κ1) is 50.0. The quantitative estimate of drug-likeness (QED) is 0.0491. The lowest BCUT2D eigenvalue weighted by molar-refractivity contribution is 0.378. The van der Waals surface area contributed by atoms with Gasteiger partial charge in [-0.25, -0.2) is 87.8 Å². The molecule has 0 aliphatic heterocycles. The van der Waals surface area contributed by atoms with E-state index in [1.54, 1.807) is 0 Å². The Labute approximate surface area is 367 Å². The minimum absolute atomic E-state index is 0.0460. The molecule has 0 fully saturated rings.